The van der Waals surface area contributed by atoms with E-state index in [2.05, 4.69) is 21.2 Å². The molecule has 2 aromatic rings. The molecule has 2 amide bonds. The average Bonchev–Trinajstić information content (AvgIpc) is 2.97. The number of carbonyl (C=O) groups is 2. The smallest absolute Gasteiger partial charge is 0.225 e. The summed E-state index contributed by atoms with van der Waals surface area (Å²) in [5, 5.41) is 4.09. The van der Waals surface area contributed by atoms with Gasteiger partial charge in [0.15, 0.2) is 0 Å². The van der Waals surface area contributed by atoms with Crippen LogP contribution < -0.4 is 5.32 Å². The molecule has 1 atom stereocenters. The molecule has 3 rings (SSSR count). The van der Waals surface area contributed by atoms with Gasteiger partial charge in [0.2, 0.25) is 11.8 Å². The Bertz CT molecular complexity index is 860. The molecule has 4 nitrogen and oxygen atoms in total. The van der Waals surface area contributed by atoms with Gasteiger partial charge in [-0.05, 0) is 41.8 Å². The second-order valence-electron chi connectivity index (χ2n) is 6.58. The van der Waals surface area contributed by atoms with Crippen LogP contribution in [0.2, 0.25) is 10.0 Å². The molecule has 27 heavy (non-hydrogen) atoms. The molecule has 142 valence electrons. The summed E-state index contributed by atoms with van der Waals surface area (Å²) in [5.74, 6) is -0.397. The lowest BCUT2D eigenvalue weighted by Crippen LogP contribution is -2.34. The number of nitrogens with zero attached hydrogens (tertiary/aromatic N) is 1. The Balaban J connectivity index is 1.50. The normalized spacial score (nSPS) is 16.6. The highest BCUT2D eigenvalue weighted by Crippen LogP contribution is 2.23. The van der Waals surface area contributed by atoms with E-state index in [1.807, 2.05) is 30.3 Å². The van der Waals surface area contributed by atoms with Crippen LogP contribution in [-0.4, -0.2) is 29.8 Å². The molecule has 0 saturated carbocycles. The summed E-state index contributed by atoms with van der Waals surface area (Å²) in [7, 11) is 0. The Kier molecular flexibility index (Phi) is 6.79. The van der Waals surface area contributed by atoms with Crippen molar-refractivity contribution >= 4 is 50.9 Å². The minimum atomic E-state index is -0.314. The molecule has 0 radical (unpaired) electrons. The van der Waals surface area contributed by atoms with Gasteiger partial charge >= 0.3 is 0 Å². The van der Waals surface area contributed by atoms with Crippen molar-refractivity contribution in [3.05, 3.63) is 68.1 Å². The molecule has 1 aliphatic rings. The molecule has 1 saturated heterocycles. The number of hydrogen-bond donors (Lipinski definition) is 1. The molecule has 7 heteroatoms. The number of likely N-dealkylation sites (tertiary alicyclic amines) is 1. The second kappa shape index (κ2) is 9.09. The number of hydrogen-bond acceptors (Lipinski definition) is 2. The number of amides is 2. The fraction of sp³-hybridized carbons (Fsp3) is 0.300. The third kappa shape index (κ3) is 5.47. The predicted molar refractivity (Wildman–Crippen MR) is 111 cm³/mol. The topological polar surface area (TPSA) is 49.4 Å². The first-order valence-corrected chi connectivity index (χ1v) is 10.2. The van der Waals surface area contributed by atoms with Crippen molar-refractivity contribution in [1.82, 2.24) is 10.2 Å². The predicted octanol–water partition coefficient (Wildman–Crippen LogP) is 4.46. The summed E-state index contributed by atoms with van der Waals surface area (Å²) < 4.78 is 0.974. The standard InChI is InChI=1S/C20H19BrCl2N2O2/c21-16-3-1-2-13(8-16)11-25-12-15(9-19(25)26)20(27)24-7-6-14-4-5-17(22)10-18(14)23/h1-5,8,10,15H,6-7,9,11-12H2,(H,24,27)/t15-/m0/s1. The van der Waals surface area contributed by atoms with Crippen LogP contribution in [0.4, 0.5) is 0 Å². The number of rotatable bonds is 6. The van der Waals surface area contributed by atoms with E-state index in [1.165, 1.54) is 0 Å². The fourth-order valence-electron chi connectivity index (χ4n) is 3.15. The molecule has 2 aromatic carbocycles. The van der Waals surface area contributed by atoms with Crippen LogP contribution in [-0.2, 0) is 22.6 Å². The van der Waals surface area contributed by atoms with E-state index in [-0.39, 0.29) is 24.2 Å². The number of halogens is 3. The van der Waals surface area contributed by atoms with E-state index in [9.17, 15) is 9.59 Å². The van der Waals surface area contributed by atoms with Crippen molar-refractivity contribution in [2.24, 2.45) is 5.92 Å². The van der Waals surface area contributed by atoms with Crippen LogP contribution >= 0.6 is 39.1 Å². The molecule has 0 spiro atoms. The second-order valence-corrected chi connectivity index (χ2v) is 8.34. The van der Waals surface area contributed by atoms with Gasteiger partial charge in [-0.25, -0.2) is 0 Å². The van der Waals surface area contributed by atoms with Crippen LogP contribution in [0.3, 0.4) is 0 Å². The van der Waals surface area contributed by atoms with Crippen molar-refractivity contribution in [3.8, 4) is 0 Å². The van der Waals surface area contributed by atoms with Gasteiger partial charge in [-0.3, -0.25) is 9.59 Å². The fourth-order valence-corrected chi connectivity index (χ4v) is 4.10. The zero-order valence-corrected chi connectivity index (χ0v) is 17.6. The van der Waals surface area contributed by atoms with Gasteiger partial charge in [-0.1, -0.05) is 57.3 Å². The maximum Gasteiger partial charge on any atom is 0.225 e. The number of carbonyl (C=O) groups excluding carboxylic acids is 2. The van der Waals surface area contributed by atoms with Crippen LogP contribution in [0.15, 0.2) is 46.9 Å². The molecule has 0 aromatic heterocycles. The lowest BCUT2D eigenvalue weighted by atomic mass is 10.1. The molecule has 0 aliphatic carbocycles. The van der Waals surface area contributed by atoms with E-state index in [0.717, 1.165) is 15.6 Å². The van der Waals surface area contributed by atoms with Crippen LogP contribution in [0.1, 0.15) is 17.5 Å². The van der Waals surface area contributed by atoms with E-state index >= 15 is 0 Å². The third-order valence-electron chi connectivity index (χ3n) is 4.56. The average molecular weight is 470 g/mol. The lowest BCUT2D eigenvalue weighted by molar-refractivity contribution is -0.129. The van der Waals surface area contributed by atoms with Gasteiger partial charge in [0.1, 0.15) is 0 Å². The Morgan fingerprint density at radius 2 is 2.04 bits per heavy atom. The van der Waals surface area contributed by atoms with Crippen LogP contribution in [0.25, 0.3) is 0 Å². The maximum absolute atomic E-state index is 12.4. The van der Waals surface area contributed by atoms with E-state index < -0.39 is 0 Å². The molecule has 0 bridgehead atoms. The van der Waals surface area contributed by atoms with E-state index in [0.29, 0.717) is 36.1 Å². The molecular weight excluding hydrogens is 451 g/mol. The highest BCUT2D eigenvalue weighted by Gasteiger charge is 2.34. The number of benzene rings is 2. The van der Waals surface area contributed by atoms with Crippen LogP contribution in [0, 0.1) is 5.92 Å². The molecular formula is C20H19BrCl2N2O2. The summed E-state index contributed by atoms with van der Waals surface area (Å²) >= 11 is 15.5. The Morgan fingerprint density at radius 3 is 2.78 bits per heavy atom. The van der Waals surface area contributed by atoms with Gasteiger partial charge in [-0.2, -0.15) is 0 Å². The van der Waals surface area contributed by atoms with E-state index in [1.54, 1.807) is 17.0 Å². The summed E-state index contributed by atoms with van der Waals surface area (Å²) in [6.45, 7) is 1.43. The van der Waals surface area contributed by atoms with Crippen molar-refractivity contribution in [1.29, 1.82) is 0 Å². The summed E-state index contributed by atoms with van der Waals surface area (Å²) in [6.07, 6.45) is 0.867. The first kappa shape index (κ1) is 20.2. The van der Waals surface area contributed by atoms with Gasteiger partial charge in [0, 0.05) is 40.6 Å². The minimum absolute atomic E-state index is 0.0101. The summed E-state index contributed by atoms with van der Waals surface area (Å²) in [4.78, 5) is 26.4. The molecule has 1 fully saturated rings. The van der Waals surface area contributed by atoms with Gasteiger partial charge in [0.05, 0.1) is 5.92 Å². The molecule has 0 unspecified atom stereocenters. The third-order valence-corrected chi connectivity index (χ3v) is 5.64. The highest BCUT2D eigenvalue weighted by atomic mass is 79.9. The summed E-state index contributed by atoms with van der Waals surface area (Å²) in [5.41, 5.74) is 1.97. The SMILES string of the molecule is O=C(NCCc1ccc(Cl)cc1Cl)[C@H]1CC(=O)N(Cc2cccc(Br)c2)C1. The first-order valence-electron chi connectivity index (χ1n) is 8.66. The Morgan fingerprint density at radius 1 is 1.22 bits per heavy atom. The van der Waals surface area contributed by atoms with Crippen molar-refractivity contribution in [2.45, 2.75) is 19.4 Å². The Hall–Kier alpha value is -1.56. The maximum atomic E-state index is 12.4. The Labute approximate surface area is 177 Å². The largest absolute Gasteiger partial charge is 0.355 e. The minimum Gasteiger partial charge on any atom is -0.355 e. The first-order chi connectivity index (χ1) is 12.9. The van der Waals surface area contributed by atoms with Gasteiger partial charge in [0.25, 0.3) is 0 Å². The molecule has 1 N–H and O–H groups in total. The highest BCUT2D eigenvalue weighted by molar-refractivity contribution is 9.10. The number of nitrogens with one attached hydrogen (secondary N) is 1. The van der Waals surface area contributed by atoms with Gasteiger partial charge < -0.3 is 10.2 Å². The van der Waals surface area contributed by atoms with Gasteiger partial charge in [-0.15, -0.1) is 0 Å². The monoisotopic (exact) mass is 468 g/mol. The van der Waals surface area contributed by atoms with Crippen molar-refractivity contribution in [3.63, 3.8) is 0 Å². The van der Waals surface area contributed by atoms with Crippen molar-refractivity contribution in [2.75, 3.05) is 13.1 Å². The van der Waals surface area contributed by atoms with Crippen molar-refractivity contribution < 1.29 is 9.59 Å². The lowest BCUT2D eigenvalue weighted by Gasteiger charge is -2.17. The quantitative estimate of drug-likeness (QED) is 0.678. The molecule has 1 heterocycles. The van der Waals surface area contributed by atoms with E-state index in [4.69, 9.17) is 23.2 Å². The zero-order chi connectivity index (χ0) is 19.4. The molecule has 1 aliphatic heterocycles. The summed E-state index contributed by atoms with van der Waals surface area (Å²) in [6, 6.07) is 13.2. The zero-order valence-electron chi connectivity index (χ0n) is 14.6. The van der Waals surface area contributed by atoms with Crippen LogP contribution in [0.5, 0.6) is 0 Å².